The number of carbonyl (C=O) groups is 2. The number of likely N-dealkylation sites (tertiary alicyclic amines) is 1. The summed E-state index contributed by atoms with van der Waals surface area (Å²) in [5.41, 5.74) is 0.994. The van der Waals surface area contributed by atoms with Gasteiger partial charge < -0.3 is 9.64 Å². The average molecular weight is 359 g/mol. The van der Waals surface area contributed by atoms with Crippen molar-refractivity contribution in [2.45, 2.75) is 25.1 Å². The molecule has 0 radical (unpaired) electrons. The molecule has 4 nitrogen and oxygen atoms in total. The van der Waals surface area contributed by atoms with Crippen molar-refractivity contribution in [3.05, 3.63) is 59.9 Å². The molecule has 1 atom stereocenters. The summed E-state index contributed by atoms with van der Waals surface area (Å²) < 4.78 is 18.5. The Kier molecular flexibility index (Phi) is 5.38. The fraction of sp³-hybridized carbons (Fsp3) is 0.263. The van der Waals surface area contributed by atoms with E-state index >= 15 is 0 Å². The van der Waals surface area contributed by atoms with Gasteiger partial charge in [0.05, 0.1) is 0 Å². The highest BCUT2D eigenvalue weighted by molar-refractivity contribution is 8.14. The lowest BCUT2D eigenvalue weighted by atomic mass is 10.2. The van der Waals surface area contributed by atoms with Crippen LogP contribution in [0.4, 0.5) is 4.39 Å². The third kappa shape index (κ3) is 4.82. The molecule has 0 aliphatic carbocycles. The minimum Gasteiger partial charge on any atom is -0.457 e. The Morgan fingerprint density at radius 1 is 1.16 bits per heavy atom. The van der Waals surface area contributed by atoms with Crippen molar-refractivity contribution in [1.82, 2.24) is 4.90 Å². The van der Waals surface area contributed by atoms with Crippen molar-refractivity contribution >= 4 is 22.8 Å². The Morgan fingerprint density at radius 3 is 2.36 bits per heavy atom. The van der Waals surface area contributed by atoms with Crippen LogP contribution in [0.3, 0.4) is 0 Å². The Hall–Kier alpha value is -2.34. The summed E-state index contributed by atoms with van der Waals surface area (Å²) in [4.78, 5) is 25.0. The summed E-state index contributed by atoms with van der Waals surface area (Å²) in [7, 11) is 0. The van der Waals surface area contributed by atoms with Gasteiger partial charge in [0, 0.05) is 31.7 Å². The first-order chi connectivity index (χ1) is 12.0. The largest absolute Gasteiger partial charge is 0.457 e. The Labute approximate surface area is 150 Å². The topological polar surface area (TPSA) is 46.6 Å². The van der Waals surface area contributed by atoms with Crippen molar-refractivity contribution in [3.8, 4) is 11.5 Å². The predicted molar refractivity (Wildman–Crippen MR) is 95.0 cm³/mol. The lowest BCUT2D eigenvalue weighted by Gasteiger charge is -2.16. The predicted octanol–water partition coefficient (Wildman–Crippen LogP) is 4.00. The number of hydrogen-bond donors (Lipinski definition) is 0. The van der Waals surface area contributed by atoms with E-state index in [9.17, 15) is 14.0 Å². The van der Waals surface area contributed by atoms with E-state index in [2.05, 4.69) is 0 Å². The third-order valence-electron chi connectivity index (χ3n) is 3.86. The number of ether oxygens (including phenoxy) is 1. The molecule has 1 fully saturated rings. The molecule has 130 valence electrons. The Balaban J connectivity index is 1.58. The highest BCUT2D eigenvalue weighted by atomic mass is 32.2. The van der Waals surface area contributed by atoms with Gasteiger partial charge in [0.2, 0.25) is 5.91 Å². The molecule has 0 saturated carbocycles. The van der Waals surface area contributed by atoms with E-state index in [0.717, 1.165) is 5.56 Å². The first kappa shape index (κ1) is 17.5. The Morgan fingerprint density at radius 2 is 1.76 bits per heavy atom. The lowest BCUT2D eigenvalue weighted by Crippen LogP contribution is -2.24. The first-order valence-electron chi connectivity index (χ1n) is 7.97. The van der Waals surface area contributed by atoms with Crippen LogP contribution in [0.1, 0.15) is 18.9 Å². The SMILES string of the molecule is CC(=O)SC1CC(=O)N(Cc2ccc(Oc3ccc(F)cc3)cc2)C1. The number of amides is 1. The van der Waals surface area contributed by atoms with E-state index in [1.165, 1.54) is 30.8 Å². The molecule has 6 heteroatoms. The van der Waals surface area contributed by atoms with Crippen LogP contribution in [0.5, 0.6) is 11.5 Å². The second-order valence-electron chi connectivity index (χ2n) is 5.91. The molecule has 1 amide bonds. The monoisotopic (exact) mass is 359 g/mol. The fourth-order valence-electron chi connectivity index (χ4n) is 2.72. The Bertz CT molecular complexity index is 761. The van der Waals surface area contributed by atoms with Crippen molar-refractivity contribution in [2.24, 2.45) is 0 Å². The van der Waals surface area contributed by atoms with Gasteiger partial charge in [0.25, 0.3) is 0 Å². The summed E-state index contributed by atoms with van der Waals surface area (Å²) in [6.45, 7) is 2.64. The smallest absolute Gasteiger partial charge is 0.224 e. The molecule has 0 aromatic heterocycles. The van der Waals surface area contributed by atoms with Crippen LogP contribution >= 0.6 is 11.8 Å². The van der Waals surface area contributed by atoms with Gasteiger partial charge in [-0.15, -0.1) is 0 Å². The lowest BCUT2D eigenvalue weighted by molar-refractivity contribution is -0.128. The van der Waals surface area contributed by atoms with E-state index < -0.39 is 0 Å². The zero-order valence-corrected chi connectivity index (χ0v) is 14.6. The number of halogens is 1. The van der Waals surface area contributed by atoms with Crippen LogP contribution in [-0.2, 0) is 16.1 Å². The highest BCUT2D eigenvalue weighted by Crippen LogP contribution is 2.26. The molecule has 1 saturated heterocycles. The molecular formula is C19H18FNO3S. The molecule has 1 aliphatic rings. The van der Waals surface area contributed by atoms with Crippen LogP contribution in [0, 0.1) is 5.82 Å². The maximum Gasteiger partial charge on any atom is 0.224 e. The zero-order valence-electron chi connectivity index (χ0n) is 13.8. The van der Waals surface area contributed by atoms with E-state index in [4.69, 9.17) is 4.74 Å². The summed E-state index contributed by atoms with van der Waals surface area (Å²) in [5.74, 6) is 0.977. The quantitative estimate of drug-likeness (QED) is 0.810. The number of hydrogen-bond acceptors (Lipinski definition) is 4. The van der Waals surface area contributed by atoms with Crippen LogP contribution in [0.2, 0.25) is 0 Å². The molecule has 2 aromatic carbocycles. The molecule has 25 heavy (non-hydrogen) atoms. The van der Waals surface area contributed by atoms with Crippen LogP contribution in [-0.4, -0.2) is 27.7 Å². The molecule has 0 N–H and O–H groups in total. The van der Waals surface area contributed by atoms with E-state index in [-0.39, 0.29) is 22.1 Å². The number of thioether (sulfide) groups is 1. The van der Waals surface area contributed by atoms with Gasteiger partial charge in [-0.25, -0.2) is 4.39 Å². The van der Waals surface area contributed by atoms with Crippen LogP contribution < -0.4 is 4.74 Å². The summed E-state index contributed by atoms with van der Waals surface area (Å²) in [6.07, 6.45) is 0.413. The minimum absolute atomic E-state index is 0.0435. The molecule has 1 unspecified atom stereocenters. The maximum absolute atomic E-state index is 12.9. The molecule has 3 rings (SSSR count). The van der Waals surface area contributed by atoms with Crippen molar-refractivity contribution < 1.29 is 18.7 Å². The molecule has 0 bridgehead atoms. The van der Waals surface area contributed by atoms with Gasteiger partial charge in [-0.3, -0.25) is 9.59 Å². The van der Waals surface area contributed by atoms with E-state index in [1.54, 1.807) is 17.0 Å². The standard InChI is InChI=1S/C19H18FNO3S/c1-13(22)25-18-10-19(23)21(12-18)11-14-2-6-16(7-3-14)24-17-8-4-15(20)5-9-17/h2-9,18H,10-12H2,1H3. The molecule has 2 aromatic rings. The van der Waals surface area contributed by atoms with Gasteiger partial charge in [-0.05, 0) is 42.0 Å². The number of carbonyl (C=O) groups excluding carboxylic acids is 2. The fourth-order valence-corrected chi connectivity index (χ4v) is 3.67. The molecule has 1 heterocycles. The van der Waals surface area contributed by atoms with Gasteiger partial charge in [0.1, 0.15) is 17.3 Å². The number of nitrogens with zero attached hydrogens (tertiary/aromatic N) is 1. The molecular weight excluding hydrogens is 341 g/mol. The van der Waals surface area contributed by atoms with Gasteiger partial charge in [-0.1, -0.05) is 23.9 Å². The number of benzene rings is 2. The second-order valence-corrected chi connectivity index (χ2v) is 7.39. The van der Waals surface area contributed by atoms with Crippen LogP contribution in [0.25, 0.3) is 0 Å². The third-order valence-corrected chi connectivity index (χ3v) is 4.84. The average Bonchev–Trinajstić information content (AvgIpc) is 2.90. The summed E-state index contributed by atoms with van der Waals surface area (Å²) in [6, 6.07) is 13.3. The van der Waals surface area contributed by atoms with Crippen molar-refractivity contribution in [2.75, 3.05) is 6.54 Å². The zero-order chi connectivity index (χ0) is 17.8. The van der Waals surface area contributed by atoms with Gasteiger partial charge in [0.15, 0.2) is 5.12 Å². The van der Waals surface area contributed by atoms with Crippen molar-refractivity contribution in [1.29, 1.82) is 0 Å². The maximum atomic E-state index is 12.9. The first-order valence-corrected chi connectivity index (χ1v) is 8.85. The summed E-state index contributed by atoms with van der Waals surface area (Å²) in [5, 5.41) is 0.0908. The van der Waals surface area contributed by atoms with Crippen molar-refractivity contribution in [3.63, 3.8) is 0 Å². The van der Waals surface area contributed by atoms with E-state index in [0.29, 0.717) is 31.0 Å². The molecule has 0 spiro atoms. The molecule has 1 aliphatic heterocycles. The van der Waals surface area contributed by atoms with E-state index in [1.807, 2.05) is 24.3 Å². The normalized spacial score (nSPS) is 17.0. The van der Waals surface area contributed by atoms with Gasteiger partial charge in [-0.2, -0.15) is 0 Å². The van der Waals surface area contributed by atoms with Crippen LogP contribution in [0.15, 0.2) is 48.5 Å². The summed E-state index contributed by atoms with van der Waals surface area (Å²) >= 11 is 1.24. The minimum atomic E-state index is -0.306. The highest BCUT2D eigenvalue weighted by Gasteiger charge is 2.30. The second kappa shape index (κ2) is 7.70. The van der Waals surface area contributed by atoms with Gasteiger partial charge >= 0.3 is 0 Å². The number of rotatable bonds is 5.